The molecule has 0 aliphatic carbocycles. The van der Waals surface area contributed by atoms with Crippen LogP contribution in [-0.2, 0) is 12.7 Å². The molecule has 0 spiro atoms. The minimum Gasteiger partial charge on any atom is -0.437 e. The number of fused-ring (bicyclic) bond motifs is 1. The molecule has 4 aromatic rings. The highest BCUT2D eigenvalue weighted by atomic mass is 35.5. The summed E-state index contributed by atoms with van der Waals surface area (Å²) in [5, 5.41) is 11.7. The maximum atomic E-state index is 13.4. The maximum Gasteiger partial charge on any atom is 0.416 e. The van der Waals surface area contributed by atoms with Gasteiger partial charge in [0.1, 0.15) is 5.75 Å². The second kappa shape index (κ2) is 8.16. The zero-order valence-corrected chi connectivity index (χ0v) is 17.3. The van der Waals surface area contributed by atoms with Crippen LogP contribution in [0.5, 0.6) is 11.6 Å². The Bertz CT molecular complexity index is 1240. The van der Waals surface area contributed by atoms with Gasteiger partial charge in [-0.2, -0.15) is 17.7 Å². The molecule has 0 aliphatic heterocycles. The molecule has 0 amide bonds. The van der Waals surface area contributed by atoms with Crippen molar-refractivity contribution >= 4 is 17.2 Å². The third-order valence-corrected chi connectivity index (χ3v) is 4.70. The standard InChI is InChI=1S/C21H17ClF3N5O/c1-29(2)12-13-4-3-5-14(10-13)16-7-6-15(21(23,24)25)11-17(16)31-19-9-8-18-26-27-20(22)30(18)28-19/h3-11H,12H2,1-2H3. The molecule has 10 heteroatoms. The van der Waals surface area contributed by atoms with E-state index in [2.05, 4.69) is 15.3 Å². The molecule has 0 saturated carbocycles. The topological polar surface area (TPSA) is 55.5 Å². The van der Waals surface area contributed by atoms with E-state index in [-0.39, 0.29) is 16.9 Å². The molecule has 2 aromatic heterocycles. The highest BCUT2D eigenvalue weighted by Gasteiger charge is 2.31. The predicted molar refractivity (Wildman–Crippen MR) is 110 cm³/mol. The first-order chi connectivity index (χ1) is 14.7. The van der Waals surface area contributed by atoms with E-state index in [4.69, 9.17) is 16.3 Å². The zero-order chi connectivity index (χ0) is 22.2. The largest absolute Gasteiger partial charge is 0.437 e. The van der Waals surface area contributed by atoms with Crippen LogP contribution in [0.15, 0.2) is 54.6 Å². The lowest BCUT2D eigenvalue weighted by molar-refractivity contribution is -0.137. The first kappa shape index (κ1) is 21.1. The highest BCUT2D eigenvalue weighted by molar-refractivity contribution is 6.28. The van der Waals surface area contributed by atoms with Crippen LogP contribution >= 0.6 is 11.6 Å². The van der Waals surface area contributed by atoms with Crippen LogP contribution < -0.4 is 4.74 Å². The summed E-state index contributed by atoms with van der Waals surface area (Å²) in [6, 6.07) is 14.0. The van der Waals surface area contributed by atoms with Gasteiger partial charge in [0.2, 0.25) is 11.2 Å². The van der Waals surface area contributed by atoms with Crippen molar-refractivity contribution in [3.63, 3.8) is 0 Å². The van der Waals surface area contributed by atoms with Gasteiger partial charge in [-0.3, -0.25) is 0 Å². The molecule has 0 radical (unpaired) electrons. The van der Waals surface area contributed by atoms with Crippen LogP contribution in [-0.4, -0.2) is 38.8 Å². The van der Waals surface area contributed by atoms with Crippen LogP contribution in [0.2, 0.25) is 5.28 Å². The molecule has 0 saturated heterocycles. The van der Waals surface area contributed by atoms with E-state index >= 15 is 0 Å². The molecular formula is C21H17ClF3N5O. The normalized spacial score (nSPS) is 12.0. The van der Waals surface area contributed by atoms with E-state index in [9.17, 15) is 13.2 Å². The second-order valence-electron chi connectivity index (χ2n) is 7.16. The lowest BCUT2D eigenvalue weighted by atomic mass is 10.00. The Hall–Kier alpha value is -3.17. The molecule has 0 N–H and O–H groups in total. The van der Waals surface area contributed by atoms with Gasteiger partial charge in [-0.1, -0.05) is 24.3 Å². The number of benzene rings is 2. The number of rotatable bonds is 5. The number of ether oxygens (including phenoxy) is 1. The van der Waals surface area contributed by atoms with Gasteiger partial charge in [-0.05, 0) is 61.1 Å². The van der Waals surface area contributed by atoms with Gasteiger partial charge in [-0.15, -0.1) is 15.3 Å². The summed E-state index contributed by atoms with van der Waals surface area (Å²) in [7, 11) is 3.88. The second-order valence-corrected chi connectivity index (χ2v) is 7.50. The van der Waals surface area contributed by atoms with Gasteiger partial charge in [0.15, 0.2) is 5.65 Å². The highest BCUT2D eigenvalue weighted by Crippen LogP contribution is 2.39. The number of hydrogen-bond donors (Lipinski definition) is 0. The summed E-state index contributed by atoms with van der Waals surface area (Å²) in [4.78, 5) is 2.01. The van der Waals surface area contributed by atoms with Gasteiger partial charge in [-0.25, -0.2) is 0 Å². The maximum absolute atomic E-state index is 13.4. The van der Waals surface area contributed by atoms with Crippen LogP contribution in [0.25, 0.3) is 16.8 Å². The summed E-state index contributed by atoms with van der Waals surface area (Å²) in [5.41, 5.74) is 1.82. The quantitative estimate of drug-likeness (QED) is 0.414. The summed E-state index contributed by atoms with van der Waals surface area (Å²) in [6.07, 6.45) is -4.52. The number of alkyl halides is 3. The minimum atomic E-state index is -4.52. The minimum absolute atomic E-state index is 0.0149. The van der Waals surface area contributed by atoms with Crippen molar-refractivity contribution < 1.29 is 17.9 Å². The van der Waals surface area contributed by atoms with Gasteiger partial charge < -0.3 is 9.64 Å². The van der Waals surface area contributed by atoms with E-state index in [1.807, 2.05) is 43.3 Å². The predicted octanol–water partition coefficient (Wildman–Crippen LogP) is 5.32. The Balaban J connectivity index is 1.79. The smallest absolute Gasteiger partial charge is 0.416 e. The van der Waals surface area contributed by atoms with Crippen molar-refractivity contribution in [3.8, 4) is 22.8 Å². The van der Waals surface area contributed by atoms with E-state index < -0.39 is 11.7 Å². The third kappa shape index (κ3) is 4.62. The lowest BCUT2D eigenvalue weighted by Crippen LogP contribution is -2.10. The van der Waals surface area contributed by atoms with Gasteiger partial charge in [0, 0.05) is 18.2 Å². The Labute approximate surface area is 180 Å². The van der Waals surface area contributed by atoms with Crippen molar-refractivity contribution in [1.82, 2.24) is 24.7 Å². The van der Waals surface area contributed by atoms with E-state index in [0.717, 1.165) is 23.3 Å². The molecule has 2 aromatic carbocycles. The van der Waals surface area contributed by atoms with Crippen molar-refractivity contribution in [1.29, 1.82) is 0 Å². The first-order valence-electron chi connectivity index (χ1n) is 9.22. The molecule has 0 fully saturated rings. The molecular weight excluding hydrogens is 431 g/mol. The van der Waals surface area contributed by atoms with Crippen molar-refractivity contribution in [2.24, 2.45) is 0 Å². The van der Waals surface area contributed by atoms with Crippen molar-refractivity contribution in [2.45, 2.75) is 12.7 Å². The van der Waals surface area contributed by atoms with E-state index in [0.29, 0.717) is 17.8 Å². The summed E-state index contributed by atoms with van der Waals surface area (Å²) >= 11 is 5.94. The zero-order valence-electron chi connectivity index (χ0n) is 16.6. The average molecular weight is 448 g/mol. The molecule has 0 atom stereocenters. The Kier molecular flexibility index (Phi) is 5.55. The number of nitrogens with zero attached hydrogens (tertiary/aromatic N) is 5. The molecule has 4 rings (SSSR count). The van der Waals surface area contributed by atoms with Crippen LogP contribution in [0, 0.1) is 0 Å². The van der Waals surface area contributed by atoms with E-state index in [1.165, 1.54) is 16.6 Å². The monoisotopic (exact) mass is 447 g/mol. The number of halogens is 4. The van der Waals surface area contributed by atoms with Crippen LogP contribution in [0.3, 0.4) is 0 Å². The lowest BCUT2D eigenvalue weighted by Gasteiger charge is -2.16. The first-order valence-corrected chi connectivity index (χ1v) is 9.59. The van der Waals surface area contributed by atoms with Gasteiger partial charge >= 0.3 is 6.18 Å². The van der Waals surface area contributed by atoms with Crippen LogP contribution in [0.4, 0.5) is 13.2 Å². The fraction of sp³-hybridized carbons (Fsp3) is 0.190. The summed E-state index contributed by atoms with van der Waals surface area (Å²) in [6.45, 7) is 0.690. The molecule has 0 unspecified atom stereocenters. The van der Waals surface area contributed by atoms with Crippen LogP contribution in [0.1, 0.15) is 11.1 Å². The Morgan fingerprint density at radius 3 is 2.58 bits per heavy atom. The molecule has 160 valence electrons. The molecule has 6 nitrogen and oxygen atoms in total. The SMILES string of the molecule is CN(C)Cc1cccc(-c2ccc(C(F)(F)F)cc2Oc2ccc3nnc(Cl)n3n2)c1. The molecule has 0 aliphatic rings. The molecule has 31 heavy (non-hydrogen) atoms. The fourth-order valence-electron chi connectivity index (χ4n) is 3.14. The number of aromatic nitrogens is 4. The summed E-state index contributed by atoms with van der Waals surface area (Å²) < 4.78 is 47.1. The Morgan fingerprint density at radius 2 is 1.84 bits per heavy atom. The third-order valence-electron chi connectivity index (χ3n) is 4.46. The average Bonchev–Trinajstić information content (AvgIpc) is 3.07. The number of hydrogen-bond acceptors (Lipinski definition) is 5. The van der Waals surface area contributed by atoms with Gasteiger partial charge in [0.25, 0.3) is 0 Å². The van der Waals surface area contributed by atoms with Crippen molar-refractivity contribution in [3.05, 3.63) is 71.0 Å². The van der Waals surface area contributed by atoms with E-state index in [1.54, 1.807) is 6.07 Å². The fourth-order valence-corrected chi connectivity index (χ4v) is 3.30. The van der Waals surface area contributed by atoms with Gasteiger partial charge in [0.05, 0.1) is 5.56 Å². The van der Waals surface area contributed by atoms with Crippen molar-refractivity contribution in [2.75, 3.05) is 14.1 Å². The molecule has 0 bridgehead atoms. The molecule has 2 heterocycles. The summed E-state index contributed by atoms with van der Waals surface area (Å²) in [5.74, 6) is 0.0760. The Morgan fingerprint density at radius 1 is 1.03 bits per heavy atom.